The van der Waals surface area contributed by atoms with E-state index < -0.39 is 0 Å². The molecule has 196 valence electrons. The number of esters is 1. The second kappa shape index (κ2) is 29.5. The fourth-order valence-corrected chi connectivity index (χ4v) is 3.82. The Morgan fingerprint density at radius 2 is 0.971 bits per heavy atom. The molecule has 0 heterocycles. The van der Waals surface area contributed by atoms with Gasteiger partial charge in [-0.2, -0.15) is 0 Å². The summed E-state index contributed by atoms with van der Waals surface area (Å²) < 4.78 is 5.32. The van der Waals surface area contributed by atoms with Crippen molar-refractivity contribution in [3.05, 3.63) is 48.6 Å². The molecule has 0 atom stereocenters. The lowest BCUT2D eigenvalue weighted by Gasteiger charge is -2.04. The molecule has 0 aromatic rings. The van der Waals surface area contributed by atoms with Crippen LogP contribution in [0.3, 0.4) is 0 Å². The third-order valence-corrected chi connectivity index (χ3v) is 6.03. The summed E-state index contributed by atoms with van der Waals surface area (Å²) in [5.41, 5.74) is 0. The number of carbonyl (C=O) groups is 1. The largest absolute Gasteiger partial charge is 0.465 e. The van der Waals surface area contributed by atoms with Crippen LogP contribution in [-0.2, 0) is 9.53 Å². The minimum absolute atomic E-state index is 0.119. The molecule has 0 aromatic carbocycles. The Labute approximate surface area is 213 Å². The van der Waals surface area contributed by atoms with E-state index in [9.17, 15) is 4.79 Å². The van der Waals surface area contributed by atoms with Crippen molar-refractivity contribution < 1.29 is 9.53 Å². The number of hydrogen-bond donors (Lipinski definition) is 0. The van der Waals surface area contributed by atoms with E-state index in [0.29, 0.717) is 13.0 Å². The molecule has 0 fully saturated rings. The first-order valence-electron chi connectivity index (χ1n) is 14.6. The van der Waals surface area contributed by atoms with Gasteiger partial charge in [0, 0.05) is 0 Å². The highest BCUT2D eigenvalue weighted by Crippen LogP contribution is 2.11. The van der Waals surface area contributed by atoms with E-state index in [-0.39, 0.29) is 5.97 Å². The number of carbonyl (C=O) groups excluding carboxylic acids is 1. The summed E-state index contributed by atoms with van der Waals surface area (Å²) in [6.07, 6.45) is 41.6. The van der Waals surface area contributed by atoms with Crippen molar-refractivity contribution in [3.63, 3.8) is 0 Å². The minimum Gasteiger partial charge on any atom is -0.465 e. The Morgan fingerprint density at radius 1 is 0.500 bits per heavy atom. The van der Waals surface area contributed by atoms with Gasteiger partial charge in [0.15, 0.2) is 0 Å². The summed E-state index contributed by atoms with van der Waals surface area (Å²) in [6, 6.07) is 0. The van der Waals surface area contributed by atoms with Crippen LogP contribution >= 0.6 is 0 Å². The quantitative estimate of drug-likeness (QED) is 0.0571. The SMILES string of the molecule is CCCC/C=C/CCCCCCCCCCOC(=O)C/C=C/C=C/C=C/CCCCCCCC. The van der Waals surface area contributed by atoms with Crippen LogP contribution in [-0.4, -0.2) is 12.6 Å². The van der Waals surface area contributed by atoms with Crippen LogP contribution in [0.4, 0.5) is 0 Å². The van der Waals surface area contributed by atoms with Gasteiger partial charge < -0.3 is 4.74 Å². The molecule has 2 heteroatoms. The maximum atomic E-state index is 11.8. The number of ether oxygens (including phenoxy) is 1. The fourth-order valence-electron chi connectivity index (χ4n) is 3.82. The molecule has 0 aliphatic rings. The number of unbranched alkanes of at least 4 members (excludes halogenated alkanes) is 16. The zero-order valence-electron chi connectivity index (χ0n) is 22.8. The molecule has 0 unspecified atom stereocenters. The van der Waals surface area contributed by atoms with Gasteiger partial charge in [0.05, 0.1) is 13.0 Å². The second-order valence-electron chi connectivity index (χ2n) is 9.45. The van der Waals surface area contributed by atoms with Gasteiger partial charge in [-0.3, -0.25) is 4.79 Å². The fraction of sp³-hybridized carbons (Fsp3) is 0.719. The predicted octanol–water partition coefficient (Wildman–Crippen LogP) is 10.6. The van der Waals surface area contributed by atoms with Gasteiger partial charge >= 0.3 is 5.97 Å². The molecule has 0 aliphatic heterocycles. The first-order valence-corrected chi connectivity index (χ1v) is 14.6. The molecule has 0 aliphatic carbocycles. The molecule has 2 nitrogen and oxygen atoms in total. The molecular weight excluding hydrogens is 416 g/mol. The zero-order valence-corrected chi connectivity index (χ0v) is 22.8. The summed E-state index contributed by atoms with van der Waals surface area (Å²) in [4.78, 5) is 11.8. The van der Waals surface area contributed by atoms with Crippen LogP contribution < -0.4 is 0 Å². The molecule has 0 amide bonds. The second-order valence-corrected chi connectivity index (χ2v) is 9.45. The van der Waals surface area contributed by atoms with Crippen LogP contribution in [0, 0.1) is 0 Å². The summed E-state index contributed by atoms with van der Waals surface area (Å²) in [5.74, 6) is -0.119. The molecular formula is C32H56O2. The molecule has 0 aromatic heterocycles. The van der Waals surface area contributed by atoms with E-state index in [1.54, 1.807) is 0 Å². The van der Waals surface area contributed by atoms with Crippen LogP contribution in [0.15, 0.2) is 48.6 Å². The van der Waals surface area contributed by atoms with Crippen molar-refractivity contribution in [1.29, 1.82) is 0 Å². The first kappa shape index (κ1) is 32.4. The zero-order chi connectivity index (χ0) is 24.8. The van der Waals surface area contributed by atoms with E-state index in [2.05, 4.69) is 38.2 Å². The van der Waals surface area contributed by atoms with Gasteiger partial charge in [0.2, 0.25) is 0 Å². The van der Waals surface area contributed by atoms with E-state index in [1.165, 1.54) is 103 Å². The van der Waals surface area contributed by atoms with Crippen LogP contribution in [0.1, 0.15) is 142 Å². The van der Waals surface area contributed by atoms with Crippen molar-refractivity contribution in [1.82, 2.24) is 0 Å². The lowest BCUT2D eigenvalue weighted by molar-refractivity contribution is -0.142. The van der Waals surface area contributed by atoms with Crippen molar-refractivity contribution in [2.45, 2.75) is 142 Å². The summed E-state index contributed by atoms with van der Waals surface area (Å²) in [5, 5.41) is 0. The minimum atomic E-state index is -0.119. The Balaban J connectivity index is 3.38. The highest BCUT2D eigenvalue weighted by atomic mass is 16.5. The van der Waals surface area contributed by atoms with Crippen LogP contribution in [0.25, 0.3) is 0 Å². The van der Waals surface area contributed by atoms with E-state index >= 15 is 0 Å². The molecule has 0 saturated heterocycles. The van der Waals surface area contributed by atoms with Crippen LogP contribution in [0.5, 0.6) is 0 Å². The molecule has 0 radical (unpaired) electrons. The summed E-state index contributed by atoms with van der Waals surface area (Å²) in [7, 11) is 0. The number of hydrogen-bond acceptors (Lipinski definition) is 2. The molecule has 0 saturated carbocycles. The maximum absolute atomic E-state index is 11.8. The third kappa shape index (κ3) is 28.5. The molecule has 34 heavy (non-hydrogen) atoms. The highest BCUT2D eigenvalue weighted by molar-refractivity contribution is 5.71. The number of allylic oxidation sites excluding steroid dienone is 7. The van der Waals surface area contributed by atoms with Gasteiger partial charge in [-0.05, 0) is 38.5 Å². The average Bonchev–Trinajstić information content (AvgIpc) is 2.84. The first-order chi connectivity index (χ1) is 16.8. The lowest BCUT2D eigenvalue weighted by Crippen LogP contribution is -2.04. The van der Waals surface area contributed by atoms with Crippen molar-refractivity contribution in [3.8, 4) is 0 Å². The van der Waals surface area contributed by atoms with Crippen molar-refractivity contribution >= 4 is 5.97 Å². The Bertz CT molecular complexity index is 527. The third-order valence-electron chi connectivity index (χ3n) is 6.03. The Kier molecular flexibility index (Phi) is 28.1. The topological polar surface area (TPSA) is 26.3 Å². The maximum Gasteiger partial charge on any atom is 0.309 e. The average molecular weight is 473 g/mol. The lowest BCUT2D eigenvalue weighted by atomic mass is 10.1. The van der Waals surface area contributed by atoms with Gasteiger partial charge in [0.1, 0.15) is 0 Å². The monoisotopic (exact) mass is 472 g/mol. The van der Waals surface area contributed by atoms with Gasteiger partial charge in [-0.25, -0.2) is 0 Å². The molecule has 0 bridgehead atoms. The van der Waals surface area contributed by atoms with Crippen LogP contribution in [0.2, 0.25) is 0 Å². The Morgan fingerprint density at radius 3 is 1.59 bits per heavy atom. The van der Waals surface area contributed by atoms with Gasteiger partial charge in [0.25, 0.3) is 0 Å². The predicted molar refractivity (Wildman–Crippen MR) is 151 cm³/mol. The molecule has 0 N–H and O–H groups in total. The molecule has 0 rings (SSSR count). The Hall–Kier alpha value is -1.57. The summed E-state index contributed by atoms with van der Waals surface area (Å²) >= 11 is 0. The highest BCUT2D eigenvalue weighted by Gasteiger charge is 1.99. The standard InChI is InChI=1S/C32H56O2/c1-3-5-7-9-11-13-15-17-19-21-23-25-27-29-31-34-32(33)30-28-26-24-22-20-18-16-14-12-10-8-6-4-2/h9,11,18,20,22,24,26,28H,3-8,10,12-17,19,21,23,25,27,29-31H2,1-2H3/b11-9+,20-18+,24-22+,28-26+. The van der Waals surface area contributed by atoms with E-state index in [1.807, 2.05) is 24.3 Å². The van der Waals surface area contributed by atoms with Gasteiger partial charge in [-0.1, -0.05) is 146 Å². The van der Waals surface area contributed by atoms with E-state index in [4.69, 9.17) is 4.74 Å². The van der Waals surface area contributed by atoms with E-state index in [0.717, 1.165) is 19.3 Å². The van der Waals surface area contributed by atoms with Crippen molar-refractivity contribution in [2.75, 3.05) is 6.61 Å². The summed E-state index contributed by atoms with van der Waals surface area (Å²) in [6.45, 7) is 5.07. The number of rotatable bonds is 25. The van der Waals surface area contributed by atoms with Gasteiger partial charge in [-0.15, -0.1) is 0 Å². The molecule has 0 spiro atoms. The smallest absolute Gasteiger partial charge is 0.309 e. The normalized spacial score (nSPS) is 12.2. The van der Waals surface area contributed by atoms with Crippen molar-refractivity contribution in [2.24, 2.45) is 0 Å².